The molecule has 1 aliphatic heterocycles. The molecule has 1 fully saturated rings. The van der Waals surface area contributed by atoms with Crippen LogP contribution in [-0.2, 0) is 9.59 Å². The third-order valence-electron chi connectivity index (χ3n) is 4.14. The maximum absolute atomic E-state index is 12.0. The van der Waals surface area contributed by atoms with Gasteiger partial charge in [-0.1, -0.05) is 12.1 Å². The molecular weight excluding hydrogens is 266 g/mol. The van der Waals surface area contributed by atoms with E-state index in [9.17, 15) is 9.59 Å². The number of benzene rings is 1. The fourth-order valence-electron chi connectivity index (χ4n) is 2.81. The number of carbonyl (C=O) groups is 2. The Balaban J connectivity index is 2.29. The van der Waals surface area contributed by atoms with Crippen LogP contribution in [0.2, 0.25) is 0 Å². The number of hydrogen-bond donors (Lipinski definition) is 1. The molecule has 0 saturated carbocycles. The van der Waals surface area contributed by atoms with Crippen molar-refractivity contribution < 1.29 is 9.59 Å². The molecule has 1 aromatic carbocycles. The number of carbonyl (C=O) groups excluding carboxylic acids is 2. The molecule has 1 heterocycles. The molecule has 1 saturated heterocycles. The van der Waals surface area contributed by atoms with Crippen LogP contribution in [0.3, 0.4) is 0 Å². The molecule has 2 N–H and O–H groups in total. The summed E-state index contributed by atoms with van der Waals surface area (Å²) in [7, 11) is 2.03. The molecule has 1 aliphatic rings. The zero-order chi connectivity index (χ0) is 15.4. The third kappa shape index (κ3) is 3.35. The molecule has 1 atom stereocenters. The van der Waals surface area contributed by atoms with Crippen LogP contribution in [0.5, 0.6) is 0 Å². The van der Waals surface area contributed by atoms with Gasteiger partial charge in [0.15, 0.2) is 0 Å². The van der Waals surface area contributed by atoms with E-state index in [2.05, 4.69) is 24.0 Å². The SMILES string of the molecule is CCN(C)c1cccc(C2CCCCN2C(=O)C(N)=O)c1. The van der Waals surface area contributed by atoms with E-state index in [1.54, 1.807) is 4.90 Å². The number of primary amides is 1. The molecule has 1 aromatic rings. The molecule has 2 rings (SSSR count). The van der Waals surface area contributed by atoms with Gasteiger partial charge in [0.2, 0.25) is 0 Å². The number of nitrogens with zero attached hydrogens (tertiary/aromatic N) is 2. The first-order valence-electron chi connectivity index (χ1n) is 7.46. The van der Waals surface area contributed by atoms with Gasteiger partial charge in [-0.3, -0.25) is 9.59 Å². The Labute approximate surface area is 125 Å². The van der Waals surface area contributed by atoms with E-state index in [1.165, 1.54) is 0 Å². The van der Waals surface area contributed by atoms with Crippen LogP contribution in [0.4, 0.5) is 5.69 Å². The molecule has 2 amide bonds. The van der Waals surface area contributed by atoms with Gasteiger partial charge >= 0.3 is 11.8 Å². The number of nitrogens with two attached hydrogens (primary N) is 1. The van der Waals surface area contributed by atoms with Gasteiger partial charge in [0, 0.05) is 25.8 Å². The molecule has 1 unspecified atom stereocenters. The highest BCUT2D eigenvalue weighted by molar-refractivity contribution is 6.34. The van der Waals surface area contributed by atoms with Crippen LogP contribution in [-0.4, -0.2) is 36.9 Å². The Bertz CT molecular complexity index is 530. The second-order valence-electron chi connectivity index (χ2n) is 5.48. The summed E-state index contributed by atoms with van der Waals surface area (Å²) in [5.41, 5.74) is 7.36. The molecule has 0 aliphatic carbocycles. The van der Waals surface area contributed by atoms with Crippen LogP contribution < -0.4 is 10.6 Å². The van der Waals surface area contributed by atoms with E-state index in [1.807, 2.05) is 19.2 Å². The van der Waals surface area contributed by atoms with E-state index in [-0.39, 0.29) is 6.04 Å². The summed E-state index contributed by atoms with van der Waals surface area (Å²) < 4.78 is 0. The first-order valence-corrected chi connectivity index (χ1v) is 7.46. The average Bonchev–Trinajstić information content (AvgIpc) is 2.53. The fraction of sp³-hybridized carbons (Fsp3) is 0.500. The first-order chi connectivity index (χ1) is 10.0. The molecule has 0 spiro atoms. The van der Waals surface area contributed by atoms with Gasteiger partial charge in [0.25, 0.3) is 0 Å². The van der Waals surface area contributed by atoms with Crippen molar-refractivity contribution in [3.8, 4) is 0 Å². The Kier molecular flexibility index (Phi) is 4.83. The van der Waals surface area contributed by atoms with Crippen LogP contribution >= 0.6 is 0 Å². The summed E-state index contributed by atoms with van der Waals surface area (Å²) in [5, 5.41) is 0. The minimum Gasteiger partial charge on any atom is -0.375 e. The first kappa shape index (κ1) is 15.4. The Hall–Kier alpha value is -2.04. The summed E-state index contributed by atoms with van der Waals surface area (Å²) in [6.45, 7) is 3.61. The molecule has 0 bridgehead atoms. The minimum absolute atomic E-state index is 0.0519. The van der Waals surface area contributed by atoms with E-state index in [0.29, 0.717) is 6.54 Å². The average molecular weight is 289 g/mol. The summed E-state index contributed by atoms with van der Waals surface area (Å²) >= 11 is 0. The van der Waals surface area contributed by atoms with Gasteiger partial charge in [0.05, 0.1) is 6.04 Å². The zero-order valence-electron chi connectivity index (χ0n) is 12.7. The molecule has 0 radical (unpaired) electrons. The summed E-state index contributed by atoms with van der Waals surface area (Å²) in [5.74, 6) is -1.45. The van der Waals surface area contributed by atoms with Crippen molar-refractivity contribution in [3.05, 3.63) is 29.8 Å². The smallest absolute Gasteiger partial charge is 0.312 e. The lowest BCUT2D eigenvalue weighted by Gasteiger charge is -2.35. The van der Waals surface area contributed by atoms with E-state index in [4.69, 9.17) is 5.73 Å². The Morgan fingerprint density at radius 3 is 2.81 bits per heavy atom. The third-order valence-corrected chi connectivity index (χ3v) is 4.14. The van der Waals surface area contributed by atoms with Crippen molar-refractivity contribution in [2.45, 2.75) is 32.2 Å². The highest BCUT2D eigenvalue weighted by Crippen LogP contribution is 2.32. The molecule has 5 heteroatoms. The van der Waals surface area contributed by atoms with Crippen LogP contribution in [0.25, 0.3) is 0 Å². The standard InChI is InChI=1S/C16H23N3O2/c1-3-18(2)13-8-6-7-12(11-13)14-9-4-5-10-19(14)16(21)15(17)20/h6-8,11,14H,3-5,9-10H2,1-2H3,(H2,17,20). The normalized spacial score (nSPS) is 18.4. The van der Waals surface area contributed by atoms with Gasteiger partial charge in [0.1, 0.15) is 0 Å². The van der Waals surface area contributed by atoms with Crippen LogP contribution in [0.1, 0.15) is 37.8 Å². The van der Waals surface area contributed by atoms with E-state index in [0.717, 1.165) is 37.1 Å². The number of amides is 2. The van der Waals surface area contributed by atoms with Crippen molar-refractivity contribution in [3.63, 3.8) is 0 Å². The Morgan fingerprint density at radius 2 is 2.14 bits per heavy atom. The lowest BCUT2D eigenvalue weighted by molar-refractivity contribution is -0.146. The predicted octanol–water partition coefficient (Wildman–Crippen LogP) is 1.68. The summed E-state index contributed by atoms with van der Waals surface area (Å²) in [4.78, 5) is 27.0. The highest BCUT2D eigenvalue weighted by atomic mass is 16.2. The topological polar surface area (TPSA) is 66.6 Å². The second kappa shape index (κ2) is 6.61. The molecule has 5 nitrogen and oxygen atoms in total. The maximum Gasteiger partial charge on any atom is 0.312 e. The number of anilines is 1. The van der Waals surface area contributed by atoms with Gasteiger partial charge in [-0.2, -0.15) is 0 Å². The number of piperidine rings is 1. The van der Waals surface area contributed by atoms with Crippen molar-refractivity contribution in [1.29, 1.82) is 0 Å². The second-order valence-corrected chi connectivity index (χ2v) is 5.48. The lowest BCUT2D eigenvalue weighted by atomic mass is 9.94. The van der Waals surface area contributed by atoms with Crippen molar-refractivity contribution in [2.24, 2.45) is 5.73 Å². The summed E-state index contributed by atoms with van der Waals surface area (Å²) in [6.07, 6.45) is 2.85. The zero-order valence-corrected chi connectivity index (χ0v) is 12.7. The van der Waals surface area contributed by atoms with Crippen molar-refractivity contribution in [2.75, 3.05) is 25.0 Å². The number of rotatable bonds is 3. The minimum atomic E-state index is -0.872. The van der Waals surface area contributed by atoms with Gasteiger partial charge in [-0.05, 0) is 43.9 Å². The largest absolute Gasteiger partial charge is 0.375 e. The molecular formula is C16H23N3O2. The lowest BCUT2D eigenvalue weighted by Crippen LogP contribution is -2.44. The van der Waals surface area contributed by atoms with Crippen LogP contribution in [0.15, 0.2) is 24.3 Å². The number of hydrogen-bond acceptors (Lipinski definition) is 3. The van der Waals surface area contributed by atoms with Gasteiger partial charge in [-0.15, -0.1) is 0 Å². The van der Waals surface area contributed by atoms with E-state index >= 15 is 0 Å². The number of likely N-dealkylation sites (tertiary alicyclic amines) is 1. The molecule has 0 aromatic heterocycles. The highest BCUT2D eigenvalue weighted by Gasteiger charge is 2.30. The molecule has 114 valence electrons. The maximum atomic E-state index is 12.0. The monoisotopic (exact) mass is 289 g/mol. The van der Waals surface area contributed by atoms with Crippen LogP contribution in [0, 0.1) is 0 Å². The Morgan fingerprint density at radius 1 is 1.38 bits per heavy atom. The van der Waals surface area contributed by atoms with E-state index < -0.39 is 11.8 Å². The fourth-order valence-corrected chi connectivity index (χ4v) is 2.81. The predicted molar refractivity (Wildman–Crippen MR) is 82.9 cm³/mol. The van der Waals surface area contributed by atoms with Gasteiger partial charge < -0.3 is 15.5 Å². The quantitative estimate of drug-likeness (QED) is 0.861. The molecule has 21 heavy (non-hydrogen) atoms. The van der Waals surface area contributed by atoms with Crippen molar-refractivity contribution in [1.82, 2.24) is 4.90 Å². The summed E-state index contributed by atoms with van der Waals surface area (Å²) in [6, 6.07) is 8.11. The van der Waals surface area contributed by atoms with Crippen molar-refractivity contribution >= 4 is 17.5 Å². The van der Waals surface area contributed by atoms with Gasteiger partial charge in [-0.25, -0.2) is 0 Å².